The molecule has 1 unspecified atom stereocenters. The summed E-state index contributed by atoms with van der Waals surface area (Å²) in [5.41, 5.74) is 3.64. The number of hydrogen-bond acceptors (Lipinski definition) is 4. The van der Waals surface area contributed by atoms with Gasteiger partial charge in [-0.1, -0.05) is 56.7 Å². The van der Waals surface area contributed by atoms with Gasteiger partial charge >= 0.3 is 0 Å². The minimum Gasteiger partial charge on any atom is -0.451 e. The summed E-state index contributed by atoms with van der Waals surface area (Å²) in [4.78, 5) is 27.1. The normalized spacial score (nSPS) is 12.9. The summed E-state index contributed by atoms with van der Waals surface area (Å²) in [5, 5.41) is 3.40. The van der Waals surface area contributed by atoms with Crippen LogP contribution in [0.2, 0.25) is 0 Å². The van der Waals surface area contributed by atoms with Crippen LogP contribution in [-0.2, 0) is 5.41 Å². The molecule has 1 aromatic heterocycles. The second-order valence-electron chi connectivity index (χ2n) is 9.04. The van der Waals surface area contributed by atoms with Crippen LogP contribution in [0.25, 0.3) is 11.0 Å². The van der Waals surface area contributed by atoms with E-state index >= 15 is 0 Å². The van der Waals surface area contributed by atoms with E-state index in [1.54, 1.807) is 12.1 Å². The molecule has 1 amide bonds. The predicted molar refractivity (Wildman–Crippen MR) is 121 cm³/mol. The lowest BCUT2D eigenvalue weighted by Crippen LogP contribution is -2.34. The van der Waals surface area contributed by atoms with Crippen molar-refractivity contribution in [3.8, 4) is 0 Å². The maximum Gasteiger partial charge on any atom is 0.287 e. The quantitative estimate of drug-likeness (QED) is 0.681. The van der Waals surface area contributed by atoms with E-state index < -0.39 is 5.91 Å². The molecule has 0 saturated heterocycles. The number of nitrogens with zero attached hydrogens (tertiary/aromatic N) is 1. The highest BCUT2D eigenvalue weighted by Crippen LogP contribution is 2.25. The molecule has 30 heavy (non-hydrogen) atoms. The van der Waals surface area contributed by atoms with Gasteiger partial charge in [-0.05, 0) is 49.7 Å². The molecule has 3 aromatic rings. The standard InChI is InChI=1S/C25H30N2O3/c1-16-7-12-22-19(13-16)21(28)14-23(30-22)24(29)26-15-20(27(5)6)17-8-10-18(11-9-17)25(2,3)4/h7-14,20H,15H2,1-6H3,(H,26,29). The largest absolute Gasteiger partial charge is 0.451 e. The molecule has 0 saturated carbocycles. The Labute approximate surface area is 177 Å². The van der Waals surface area contributed by atoms with E-state index in [2.05, 4.69) is 55.3 Å². The lowest BCUT2D eigenvalue weighted by molar-refractivity contribution is 0.0914. The van der Waals surface area contributed by atoms with E-state index in [1.807, 2.05) is 27.1 Å². The van der Waals surface area contributed by atoms with Crippen molar-refractivity contribution >= 4 is 16.9 Å². The van der Waals surface area contributed by atoms with Gasteiger partial charge in [-0.2, -0.15) is 0 Å². The second-order valence-corrected chi connectivity index (χ2v) is 9.04. The maximum absolute atomic E-state index is 12.7. The highest BCUT2D eigenvalue weighted by atomic mass is 16.3. The van der Waals surface area contributed by atoms with Gasteiger partial charge in [0.05, 0.1) is 11.4 Å². The molecular formula is C25H30N2O3. The van der Waals surface area contributed by atoms with Gasteiger partial charge in [-0.25, -0.2) is 0 Å². The minimum atomic E-state index is -0.396. The van der Waals surface area contributed by atoms with Gasteiger partial charge in [0.15, 0.2) is 11.2 Å². The van der Waals surface area contributed by atoms with Gasteiger partial charge in [0.1, 0.15) is 5.58 Å². The van der Waals surface area contributed by atoms with Crippen LogP contribution >= 0.6 is 0 Å². The number of likely N-dealkylation sites (N-methyl/N-ethyl adjacent to an activating group) is 1. The van der Waals surface area contributed by atoms with Crippen LogP contribution in [0.3, 0.4) is 0 Å². The van der Waals surface area contributed by atoms with E-state index in [0.29, 0.717) is 17.5 Å². The van der Waals surface area contributed by atoms with E-state index in [9.17, 15) is 9.59 Å². The molecular weight excluding hydrogens is 376 g/mol. The van der Waals surface area contributed by atoms with Gasteiger partial charge in [0.2, 0.25) is 0 Å². The summed E-state index contributed by atoms with van der Waals surface area (Å²) in [6.07, 6.45) is 0. The lowest BCUT2D eigenvalue weighted by atomic mass is 9.86. The molecule has 5 nitrogen and oxygen atoms in total. The number of carbonyl (C=O) groups is 1. The number of rotatable bonds is 5. The zero-order valence-corrected chi connectivity index (χ0v) is 18.6. The van der Waals surface area contributed by atoms with Crippen molar-refractivity contribution in [2.24, 2.45) is 0 Å². The third-order valence-electron chi connectivity index (χ3n) is 5.35. The molecule has 0 bridgehead atoms. The fourth-order valence-electron chi connectivity index (χ4n) is 3.46. The number of amides is 1. The van der Waals surface area contributed by atoms with Crippen LogP contribution in [0.4, 0.5) is 0 Å². The smallest absolute Gasteiger partial charge is 0.287 e. The zero-order valence-electron chi connectivity index (χ0n) is 18.6. The van der Waals surface area contributed by atoms with Gasteiger partial charge < -0.3 is 14.6 Å². The first-order chi connectivity index (χ1) is 14.1. The molecule has 5 heteroatoms. The molecule has 0 spiro atoms. The molecule has 0 aliphatic heterocycles. The summed E-state index contributed by atoms with van der Waals surface area (Å²) >= 11 is 0. The fourth-order valence-corrected chi connectivity index (χ4v) is 3.46. The molecule has 2 aromatic carbocycles. The first-order valence-electron chi connectivity index (χ1n) is 10.2. The first-order valence-corrected chi connectivity index (χ1v) is 10.2. The Morgan fingerprint density at radius 1 is 1.07 bits per heavy atom. The lowest BCUT2D eigenvalue weighted by Gasteiger charge is -2.26. The molecule has 0 fully saturated rings. The Kier molecular flexibility index (Phi) is 6.13. The molecule has 1 N–H and O–H groups in total. The number of fused-ring (bicyclic) bond motifs is 1. The first kappa shape index (κ1) is 21.8. The van der Waals surface area contributed by atoms with Crippen LogP contribution in [0, 0.1) is 6.92 Å². The number of aryl methyl sites for hydroxylation is 1. The predicted octanol–water partition coefficient (Wildman–Crippen LogP) is 4.43. The highest BCUT2D eigenvalue weighted by Gasteiger charge is 2.19. The number of carbonyl (C=O) groups excluding carboxylic acids is 1. The van der Waals surface area contributed by atoms with Crippen molar-refractivity contribution in [1.29, 1.82) is 0 Å². The zero-order chi connectivity index (χ0) is 22.1. The molecule has 0 aliphatic carbocycles. The summed E-state index contributed by atoms with van der Waals surface area (Å²) < 4.78 is 5.69. The molecule has 1 atom stereocenters. The average molecular weight is 407 g/mol. The number of hydrogen-bond donors (Lipinski definition) is 1. The van der Waals surface area contributed by atoms with Crippen LogP contribution in [0.1, 0.15) is 54.1 Å². The monoisotopic (exact) mass is 406 g/mol. The van der Waals surface area contributed by atoms with Crippen LogP contribution < -0.4 is 10.7 Å². The molecule has 0 aliphatic rings. The Bertz CT molecular complexity index is 1110. The maximum atomic E-state index is 12.7. The van der Waals surface area contributed by atoms with Crippen LogP contribution in [-0.4, -0.2) is 31.4 Å². The number of nitrogens with one attached hydrogen (secondary N) is 1. The number of benzene rings is 2. The van der Waals surface area contributed by atoms with Crippen molar-refractivity contribution < 1.29 is 9.21 Å². The molecule has 3 rings (SSSR count). The third kappa shape index (κ3) is 4.79. The Hall–Kier alpha value is -2.92. The summed E-state index contributed by atoms with van der Waals surface area (Å²) in [6, 6.07) is 15.1. The Balaban J connectivity index is 1.78. The summed E-state index contributed by atoms with van der Waals surface area (Å²) in [6.45, 7) is 8.87. The van der Waals surface area contributed by atoms with E-state index in [0.717, 1.165) is 11.1 Å². The topological polar surface area (TPSA) is 62.6 Å². The van der Waals surface area contributed by atoms with Crippen molar-refractivity contribution in [3.63, 3.8) is 0 Å². The minimum absolute atomic E-state index is 0.00204. The average Bonchev–Trinajstić information content (AvgIpc) is 2.68. The van der Waals surface area contributed by atoms with Gasteiger partial charge in [-0.15, -0.1) is 0 Å². The third-order valence-corrected chi connectivity index (χ3v) is 5.35. The van der Waals surface area contributed by atoms with Crippen LogP contribution in [0.5, 0.6) is 0 Å². The van der Waals surface area contributed by atoms with Gasteiger partial charge in [-0.3, -0.25) is 9.59 Å². The Morgan fingerprint density at radius 3 is 2.33 bits per heavy atom. The van der Waals surface area contributed by atoms with Gasteiger partial charge in [0.25, 0.3) is 5.91 Å². The van der Waals surface area contributed by atoms with Crippen LogP contribution in [0.15, 0.2) is 57.7 Å². The highest BCUT2D eigenvalue weighted by molar-refractivity contribution is 5.93. The molecule has 0 radical (unpaired) electrons. The molecule has 1 heterocycles. The Morgan fingerprint density at radius 2 is 1.73 bits per heavy atom. The van der Waals surface area contributed by atoms with Gasteiger partial charge in [0, 0.05) is 12.6 Å². The van der Waals surface area contributed by atoms with E-state index in [-0.39, 0.29) is 22.6 Å². The van der Waals surface area contributed by atoms with E-state index in [4.69, 9.17) is 4.42 Å². The SMILES string of the molecule is Cc1ccc2oc(C(=O)NCC(c3ccc(C(C)(C)C)cc3)N(C)C)cc(=O)c2c1. The summed E-state index contributed by atoms with van der Waals surface area (Å²) in [5.74, 6) is -0.371. The van der Waals surface area contributed by atoms with E-state index in [1.165, 1.54) is 11.6 Å². The van der Waals surface area contributed by atoms with Crippen molar-refractivity contribution in [2.75, 3.05) is 20.6 Å². The second kappa shape index (κ2) is 8.44. The van der Waals surface area contributed by atoms with Crippen molar-refractivity contribution in [2.45, 2.75) is 39.2 Å². The fraction of sp³-hybridized carbons (Fsp3) is 0.360. The molecule has 158 valence electrons. The van der Waals surface area contributed by atoms with Crippen molar-refractivity contribution in [3.05, 3.63) is 81.2 Å². The van der Waals surface area contributed by atoms with Crippen molar-refractivity contribution in [1.82, 2.24) is 10.2 Å². The summed E-state index contributed by atoms with van der Waals surface area (Å²) in [7, 11) is 3.96.